The Kier molecular flexibility index (Phi) is 5.87. The number of carbonyl (C=O) groups is 2. The van der Waals surface area contributed by atoms with E-state index in [1.54, 1.807) is 26.8 Å². The number of hydrogen-bond donors (Lipinski definition) is 2. The quantitative estimate of drug-likeness (QED) is 0.799. The molecule has 29 heavy (non-hydrogen) atoms. The number of ether oxygens (including phenoxy) is 1. The predicted molar refractivity (Wildman–Crippen MR) is 110 cm³/mol. The maximum absolute atomic E-state index is 13.7. The third kappa shape index (κ3) is 4.89. The molecule has 1 atom stereocenters. The van der Waals surface area contributed by atoms with Crippen LogP contribution in [0.3, 0.4) is 0 Å². The summed E-state index contributed by atoms with van der Waals surface area (Å²) in [4.78, 5) is 30.0. The van der Waals surface area contributed by atoms with Crippen molar-refractivity contribution < 1.29 is 18.7 Å². The molecule has 0 saturated carbocycles. The summed E-state index contributed by atoms with van der Waals surface area (Å²) in [5.74, 6) is -0.0776. The Morgan fingerprint density at radius 2 is 2.07 bits per heavy atom. The van der Waals surface area contributed by atoms with Crippen molar-refractivity contribution in [1.82, 2.24) is 15.2 Å². The van der Waals surface area contributed by atoms with E-state index < -0.39 is 11.7 Å². The molecular weight excluding hydrogens is 373 g/mol. The summed E-state index contributed by atoms with van der Waals surface area (Å²) in [6, 6.07) is 4.63. The Bertz CT molecular complexity index is 914. The first-order valence-corrected chi connectivity index (χ1v) is 10.1. The van der Waals surface area contributed by atoms with Crippen molar-refractivity contribution in [1.29, 1.82) is 0 Å². The van der Waals surface area contributed by atoms with Crippen LogP contribution < -0.4 is 5.32 Å². The molecule has 158 valence electrons. The average Bonchev–Trinajstić information content (AvgIpc) is 2.96. The van der Waals surface area contributed by atoms with Crippen LogP contribution in [0.15, 0.2) is 18.2 Å². The fourth-order valence-electron chi connectivity index (χ4n) is 3.90. The molecule has 3 rings (SSSR count). The van der Waals surface area contributed by atoms with Gasteiger partial charge in [-0.15, -0.1) is 0 Å². The van der Waals surface area contributed by atoms with E-state index in [4.69, 9.17) is 4.74 Å². The average molecular weight is 403 g/mol. The molecule has 0 radical (unpaired) electrons. The van der Waals surface area contributed by atoms with E-state index in [2.05, 4.69) is 24.1 Å². The topological polar surface area (TPSA) is 74.4 Å². The van der Waals surface area contributed by atoms with E-state index in [-0.39, 0.29) is 24.3 Å². The van der Waals surface area contributed by atoms with Gasteiger partial charge in [0.05, 0.1) is 6.04 Å². The van der Waals surface area contributed by atoms with E-state index >= 15 is 0 Å². The van der Waals surface area contributed by atoms with Crippen LogP contribution >= 0.6 is 0 Å². The Labute approximate surface area is 170 Å². The zero-order valence-electron chi connectivity index (χ0n) is 17.8. The van der Waals surface area contributed by atoms with Crippen LogP contribution in [0.2, 0.25) is 0 Å². The highest BCUT2D eigenvalue weighted by Crippen LogP contribution is 2.38. The minimum absolute atomic E-state index is 0.117. The first-order chi connectivity index (χ1) is 13.5. The molecule has 1 aliphatic rings. The molecule has 6 nitrogen and oxygen atoms in total. The van der Waals surface area contributed by atoms with Gasteiger partial charge in [-0.25, -0.2) is 9.18 Å². The van der Waals surface area contributed by atoms with E-state index in [1.165, 1.54) is 12.1 Å². The highest BCUT2D eigenvalue weighted by Gasteiger charge is 2.34. The number of benzene rings is 1. The second-order valence-corrected chi connectivity index (χ2v) is 9.05. The summed E-state index contributed by atoms with van der Waals surface area (Å²) in [5.41, 5.74) is 2.25. The normalized spacial score (nSPS) is 16.8. The lowest BCUT2D eigenvalue weighted by Gasteiger charge is -2.37. The number of hydrogen-bond acceptors (Lipinski definition) is 3. The molecule has 7 heteroatoms. The largest absolute Gasteiger partial charge is 0.444 e. The summed E-state index contributed by atoms with van der Waals surface area (Å²) in [6.45, 7) is 9.99. The van der Waals surface area contributed by atoms with Gasteiger partial charge in [0.15, 0.2) is 0 Å². The van der Waals surface area contributed by atoms with Gasteiger partial charge in [0.25, 0.3) is 0 Å². The number of nitrogens with one attached hydrogen (secondary N) is 2. The van der Waals surface area contributed by atoms with Crippen molar-refractivity contribution in [2.75, 3.05) is 13.1 Å². The number of aromatic amines is 1. The van der Waals surface area contributed by atoms with Crippen LogP contribution in [0.5, 0.6) is 0 Å². The third-order valence-corrected chi connectivity index (χ3v) is 5.01. The summed E-state index contributed by atoms with van der Waals surface area (Å²) in [7, 11) is 0. The van der Waals surface area contributed by atoms with Crippen molar-refractivity contribution in [3.8, 4) is 0 Å². The monoisotopic (exact) mass is 403 g/mol. The van der Waals surface area contributed by atoms with Crippen LogP contribution in [-0.2, 0) is 16.0 Å². The fourth-order valence-corrected chi connectivity index (χ4v) is 3.90. The Balaban J connectivity index is 1.81. The minimum Gasteiger partial charge on any atom is -0.444 e. The molecule has 2 heterocycles. The third-order valence-electron chi connectivity index (χ3n) is 5.01. The van der Waals surface area contributed by atoms with E-state index in [1.807, 2.05) is 4.90 Å². The SMILES string of the molecule is CC(C)CC1c2[nH]c3cc(F)ccc3c2CCN1C(=O)CNC(=O)OC(C)(C)C. The van der Waals surface area contributed by atoms with Crippen molar-refractivity contribution >= 4 is 22.9 Å². The van der Waals surface area contributed by atoms with Gasteiger partial charge >= 0.3 is 6.09 Å². The summed E-state index contributed by atoms with van der Waals surface area (Å²) < 4.78 is 18.9. The second kappa shape index (κ2) is 8.05. The van der Waals surface area contributed by atoms with Crippen LogP contribution in [0.1, 0.15) is 58.3 Å². The number of alkyl carbamates (subject to hydrolysis) is 1. The van der Waals surface area contributed by atoms with Gasteiger partial charge in [0, 0.05) is 23.1 Å². The lowest BCUT2D eigenvalue weighted by atomic mass is 9.91. The maximum Gasteiger partial charge on any atom is 0.408 e. The number of rotatable bonds is 4. The Morgan fingerprint density at radius 1 is 1.34 bits per heavy atom. The minimum atomic E-state index is -0.618. The van der Waals surface area contributed by atoms with Crippen molar-refractivity contribution in [3.63, 3.8) is 0 Å². The molecule has 0 saturated heterocycles. The fraction of sp³-hybridized carbons (Fsp3) is 0.545. The summed E-state index contributed by atoms with van der Waals surface area (Å²) in [5, 5.41) is 3.56. The van der Waals surface area contributed by atoms with Gasteiger partial charge in [-0.05, 0) is 63.3 Å². The molecule has 0 aliphatic carbocycles. The van der Waals surface area contributed by atoms with Crippen LogP contribution in [0.25, 0.3) is 10.9 Å². The molecule has 1 unspecified atom stereocenters. The Hall–Kier alpha value is -2.57. The lowest BCUT2D eigenvalue weighted by molar-refractivity contribution is -0.133. The van der Waals surface area contributed by atoms with Crippen molar-refractivity contribution in [2.45, 2.75) is 59.1 Å². The molecule has 0 fully saturated rings. The van der Waals surface area contributed by atoms with Crippen molar-refractivity contribution in [3.05, 3.63) is 35.3 Å². The highest BCUT2D eigenvalue weighted by molar-refractivity contribution is 5.87. The van der Waals surface area contributed by atoms with Gasteiger partial charge in [0.2, 0.25) is 5.91 Å². The summed E-state index contributed by atoms with van der Waals surface area (Å²) >= 11 is 0. The summed E-state index contributed by atoms with van der Waals surface area (Å²) in [6.07, 6.45) is 0.860. The molecule has 2 amide bonds. The molecular formula is C22H30FN3O3. The van der Waals surface area contributed by atoms with Gasteiger partial charge in [0.1, 0.15) is 18.0 Å². The molecule has 0 spiro atoms. The highest BCUT2D eigenvalue weighted by atomic mass is 19.1. The zero-order chi connectivity index (χ0) is 21.3. The Morgan fingerprint density at radius 3 is 2.72 bits per heavy atom. The molecule has 0 bridgehead atoms. The number of nitrogens with zero attached hydrogens (tertiary/aromatic N) is 1. The number of aromatic nitrogens is 1. The molecule has 2 aromatic rings. The number of fused-ring (bicyclic) bond motifs is 3. The number of carbonyl (C=O) groups excluding carboxylic acids is 2. The molecule has 1 aromatic heterocycles. The van der Waals surface area contributed by atoms with Gasteiger partial charge in [-0.1, -0.05) is 13.8 Å². The first-order valence-electron chi connectivity index (χ1n) is 10.1. The van der Waals surface area contributed by atoms with Crippen LogP contribution in [0.4, 0.5) is 9.18 Å². The van der Waals surface area contributed by atoms with Gasteiger partial charge in [-0.3, -0.25) is 4.79 Å². The molecule has 2 N–H and O–H groups in total. The number of H-pyrrole nitrogens is 1. The predicted octanol–water partition coefficient (Wildman–Crippen LogP) is 4.30. The number of amides is 2. The van der Waals surface area contributed by atoms with E-state index in [0.717, 1.165) is 28.6 Å². The molecule has 1 aliphatic heterocycles. The van der Waals surface area contributed by atoms with E-state index in [9.17, 15) is 14.0 Å². The van der Waals surface area contributed by atoms with Crippen LogP contribution in [-0.4, -0.2) is 40.6 Å². The lowest BCUT2D eigenvalue weighted by Crippen LogP contribution is -2.46. The zero-order valence-corrected chi connectivity index (χ0v) is 17.8. The first kappa shape index (κ1) is 21.1. The second-order valence-electron chi connectivity index (χ2n) is 9.05. The smallest absolute Gasteiger partial charge is 0.408 e. The van der Waals surface area contributed by atoms with Crippen molar-refractivity contribution in [2.24, 2.45) is 5.92 Å². The van der Waals surface area contributed by atoms with Crippen LogP contribution in [0, 0.1) is 11.7 Å². The maximum atomic E-state index is 13.7. The number of halogens is 1. The standard InChI is InChI=1S/C22H30FN3O3/c1-13(2)10-18-20-16(15-7-6-14(23)11-17(15)25-20)8-9-26(18)19(27)12-24-21(28)29-22(3,4)5/h6-7,11,13,18,25H,8-10,12H2,1-5H3,(H,24,28). The van der Waals surface area contributed by atoms with E-state index in [0.29, 0.717) is 18.9 Å². The van der Waals surface area contributed by atoms with Gasteiger partial charge < -0.3 is 19.9 Å². The van der Waals surface area contributed by atoms with Gasteiger partial charge in [-0.2, -0.15) is 0 Å². The molecule has 1 aromatic carbocycles.